The number of hydrogen-bond acceptors (Lipinski definition) is 13. The molecule has 2 unspecified atom stereocenters. The number of fused-ring (bicyclic) bond motifs is 9. The lowest BCUT2D eigenvalue weighted by molar-refractivity contribution is -0.147. The molecule has 3 aliphatic heterocycles. The van der Waals surface area contributed by atoms with E-state index in [4.69, 9.17) is 63.3 Å². The monoisotopic (exact) mass is 1040 g/mol. The summed E-state index contributed by atoms with van der Waals surface area (Å²) in [7, 11) is -0.249. The van der Waals surface area contributed by atoms with E-state index in [0.717, 1.165) is 40.4 Å². The lowest BCUT2D eigenvalue weighted by atomic mass is 9.98. The number of pyridine rings is 1. The Hall–Kier alpha value is -4.69. The van der Waals surface area contributed by atoms with Gasteiger partial charge in [-0.1, -0.05) is 86.0 Å². The highest BCUT2D eigenvalue weighted by atomic mass is 35.5. The molecule has 17 heteroatoms. The first-order valence-electron chi connectivity index (χ1n) is 25.6. The molecule has 5 aliphatic rings. The van der Waals surface area contributed by atoms with Crippen LogP contribution in [0, 0.1) is 0 Å². The summed E-state index contributed by atoms with van der Waals surface area (Å²) in [5, 5.41) is 4.35. The van der Waals surface area contributed by atoms with Gasteiger partial charge in [-0.2, -0.15) is 0 Å². The topological polar surface area (TPSA) is 155 Å². The number of methoxy groups -OCH3 is 3. The first-order valence-corrected chi connectivity index (χ1v) is 30.6. The Labute approximate surface area is 431 Å². The number of benzene rings is 3. The van der Waals surface area contributed by atoms with Crippen molar-refractivity contribution < 1.29 is 56.3 Å². The molecule has 1 fully saturated rings. The largest absolute Gasteiger partial charge is 0.492 e. The molecule has 0 radical (unpaired) electrons. The molecule has 4 aromatic rings. The molecule has 3 aromatic carbocycles. The minimum Gasteiger partial charge on any atom is -0.492 e. The van der Waals surface area contributed by atoms with Gasteiger partial charge in [-0.05, 0) is 119 Å². The Balaban J connectivity index is 1.23. The average molecular weight is 1050 g/mol. The van der Waals surface area contributed by atoms with Gasteiger partial charge >= 0.3 is 5.97 Å². The van der Waals surface area contributed by atoms with Crippen LogP contribution in [0.25, 0.3) is 16.3 Å². The van der Waals surface area contributed by atoms with E-state index in [1.54, 1.807) is 24.3 Å². The van der Waals surface area contributed by atoms with Crippen LogP contribution >= 0.6 is 11.6 Å². The molecule has 1 saturated heterocycles. The number of rotatable bonds is 19. The molecule has 6 bridgehead atoms. The summed E-state index contributed by atoms with van der Waals surface area (Å²) < 4.78 is 64.0. The van der Waals surface area contributed by atoms with Gasteiger partial charge in [0, 0.05) is 12.5 Å². The number of aromatic nitrogens is 1. The Morgan fingerprint density at radius 1 is 0.875 bits per heavy atom. The zero-order chi connectivity index (χ0) is 52.0. The lowest BCUT2D eigenvalue weighted by Gasteiger charge is -2.44. The fourth-order valence-electron chi connectivity index (χ4n) is 11.8. The van der Waals surface area contributed by atoms with E-state index in [-0.39, 0.29) is 65.1 Å². The number of epoxide rings is 1. The number of ether oxygens (including phenoxy) is 8. The van der Waals surface area contributed by atoms with E-state index in [1.165, 1.54) is 21.3 Å². The molecule has 14 nitrogen and oxygen atoms in total. The van der Waals surface area contributed by atoms with Crippen LogP contribution < -0.4 is 29.0 Å². The van der Waals surface area contributed by atoms with Crippen molar-refractivity contribution >= 4 is 56.5 Å². The van der Waals surface area contributed by atoms with Crippen LogP contribution in [-0.2, 0) is 27.9 Å². The van der Waals surface area contributed by atoms with Crippen LogP contribution in [0.1, 0.15) is 134 Å². The molecular weight excluding hydrogens is 972 g/mol. The van der Waals surface area contributed by atoms with E-state index in [1.807, 2.05) is 19.9 Å². The third-order valence-electron chi connectivity index (χ3n) is 15.5. The number of hydrogen-bond donors (Lipinski definition) is 1. The maximum absolute atomic E-state index is 14.9. The third kappa shape index (κ3) is 9.54. The van der Waals surface area contributed by atoms with Crippen molar-refractivity contribution in [3.63, 3.8) is 0 Å². The van der Waals surface area contributed by atoms with Crippen molar-refractivity contribution in [3.8, 4) is 28.7 Å². The smallest absolute Gasteiger partial charge is 0.308 e. The first-order chi connectivity index (χ1) is 34.3. The predicted molar refractivity (Wildman–Crippen MR) is 283 cm³/mol. The summed E-state index contributed by atoms with van der Waals surface area (Å²) in [6.45, 7) is 23.7. The first kappa shape index (κ1) is 53.6. The lowest BCUT2D eigenvalue weighted by Crippen LogP contribution is -2.49. The molecule has 4 heterocycles. The Bertz CT molecular complexity index is 2680. The zero-order valence-corrected chi connectivity index (χ0v) is 47.1. The van der Waals surface area contributed by atoms with Gasteiger partial charge in [-0.15, -0.1) is 0 Å². The second-order valence-electron chi connectivity index (χ2n) is 20.7. The molecular formula is C55H73ClN2O12Si2. The number of carbonyl (C=O) groups excluding carboxylic acids is 2. The minimum absolute atomic E-state index is 0.0500. The molecule has 0 saturated carbocycles. The standard InChI is InChI=1S/C55H73ClN2O12Si2/c1-15-71(16-2,17-3)70-52-46-26-40-38-22-34(18-19-36(38)51-55(40,52)68-51)47(69-72(31(6)7,32(8)9)33(10)11)28-64-48(59)27-42(41-20-21-43(67-46)53(56)57-41)58-54(60)39-25-37-35(23-44(39)65-29-61-12)24-45(66-30(4)5)50(63-14)49(37)62-13/h18-26,30-33,42,46-47,51-52H,15-17,27-29H2,1-14H3,(H,58,60)/t42-,46?,47-,51+,52-,55?/m1/s1. The van der Waals surface area contributed by atoms with Gasteiger partial charge in [0.05, 0.1) is 44.0 Å². The molecule has 2 aliphatic carbocycles. The number of carbonyl (C=O) groups is 2. The van der Waals surface area contributed by atoms with Crippen LogP contribution in [0.15, 0.2) is 54.6 Å². The van der Waals surface area contributed by atoms with Crippen LogP contribution in [0.2, 0.25) is 39.9 Å². The summed E-state index contributed by atoms with van der Waals surface area (Å²) in [5.74, 6) is 0.564. The van der Waals surface area contributed by atoms with Gasteiger partial charge in [0.1, 0.15) is 36.8 Å². The normalized spacial score (nSPS) is 22.6. The summed E-state index contributed by atoms with van der Waals surface area (Å²) in [6.07, 6.45) is -0.126. The highest BCUT2D eigenvalue weighted by molar-refractivity contribution is 6.77. The van der Waals surface area contributed by atoms with Crippen molar-refractivity contribution in [2.75, 3.05) is 34.7 Å². The molecule has 9 rings (SSSR count). The number of halogens is 1. The van der Waals surface area contributed by atoms with Gasteiger partial charge in [0.2, 0.25) is 14.1 Å². The van der Waals surface area contributed by atoms with Crippen molar-refractivity contribution in [1.29, 1.82) is 0 Å². The van der Waals surface area contributed by atoms with Gasteiger partial charge in [-0.3, -0.25) is 9.59 Å². The van der Waals surface area contributed by atoms with E-state index >= 15 is 0 Å². The SMILES string of the molecule is CC[Si](CC)(CC)O[C@@H]1C2C=C3c4cc(ccc4[C@@H]4OC314)[C@H](O[Si](C(C)C)(C(C)C)C(C)C)COC(=O)C[C@@H](NC(=O)c1cc3c(OC)c(OC)c(OC(C)C)cc3cc1OCOC)c1ccc(c(Cl)n1)O2. The highest BCUT2D eigenvalue weighted by Gasteiger charge is 2.75. The third-order valence-corrected chi connectivity index (χ3v) is 26.5. The maximum atomic E-state index is 14.9. The van der Waals surface area contributed by atoms with Crippen molar-refractivity contribution in [2.45, 2.75) is 160 Å². The van der Waals surface area contributed by atoms with Crippen molar-refractivity contribution in [3.05, 3.63) is 87.7 Å². The molecule has 1 aromatic heterocycles. The fraction of sp³-hybridized carbons (Fsp3) is 0.545. The summed E-state index contributed by atoms with van der Waals surface area (Å²) in [6, 6.07) is 16.8. The Kier molecular flexibility index (Phi) is 15.8. The Morgan fingerprint density at radius 3 is 2.17 bits per heavy atom. The molecule has 72 heavy (non-hydrogen) atoms. The summed E-state index contributed by atoms with van der Waals surface area (Å²) in [4.78, 5) is 34.1. The van der Waals surface area contributed by atoms with Gasteiger partial charge < -0.3 is 52.1 Å². The molecule has 390 valence electrons. The number of esters is 1. The number of nitrogens with zero attached hydrogens (tertiary/aromatic N) is 1. The second-order valence-corrected chi connectivity index (χ2v) is 31.2. The van der Waals surface area contributed by atoms with Gasteiger partial charge in [-0.25, -0.2) is 4.98 Å². The van der Waals surface area contributed by atoms with E-state index in [2.05, 4.69) is 91.9 Å². The maximum Gasteiger partial charge on any atom is 0.308 e. The minimum atomic E-state index is -2.56. The summed E-state index contributed by atoms with van der Waals surface area (Å²) in [5.41, 5.74) is 4.55. The van der Waals surface area contributed by atoms with E-state index in [9.17, 15) is 9.59 Å². The predicted octanol–water partition coefficient (Wildman–Crippen LogP) is 12.4. The molecule has 1 amide bonds. The van der Waals surface area contributed by atoms with Crippen molar-refractivity contribution in [2.24, 2.45) is 0 Å². The molecule has 1 N–H and O–H groups in total. The van der Waals surface area contributed by atoms with E-state index in [0.29, 0.717) is 39.5 Å². The van der Waals surface area contributed by atoms with Crippen LogP contribution in [0.5, 0.6) is 28.7 Å². The quantitative estimate of drug-likeness (QED) is 0.0312. The second kappa shape index (κ2) is 21.3. The number of nitrogens with one attached hydrogen (secondary N) is 1. The Morgan fingerprint density at radius 2 is 1.56 bits per heavy atom. The fourth-order valence-corrected chi connectivity index (χ4v) is 20.4. The zero-order valence-electron chi connectivity index (χ0n) is 44.4. The van der Waals surface area contributed by atoms with Crippen LogP contribution in [0.3, 0.4) is 0 Å². The van der Waals surface area contributed by atoms with Crippen LogP contribution in [-0.4, -0.2) is 92.1 Å². The molecule has 1 spiro atoms. The van der Waals surface area contributed by atoms with Crippen molar-refractivity contribution in [1.82, 2.24) is 10.3 Å². The number of amides is 1. The highest BCUT2D eigenvalue weighted by Crippen LogP contribution is 2.70. The van der Waals surface area contributed by atoms with E-state index < -0.39 is 58.5 Å². The average Bonchev–Trinajstić information content (AvgIpc) is 3.93. The summed E-state index contributed by atoms with van der Waals surface area (Å²) >= 11 is 7.10. The van der Waals surface area contributed by atoms with Gasteiger partial charge in [0.25, 0.3) is 5.91 Å². The molecule has 6 atom stereocenters. The van der Waals surface area contributed by atoms with Crippen LogP contribution in [0.4, 0.5) is 0 Å². The van der Waals surface area contributed by atoms with Gasteiger partial charge in [0.15, 0.2) is 43.1 Å².